The minimum Gasteiger partial charge on any atom is -0.394 e. The third-order valence-electron chi connectivity index (χ3n) is 1.71. The average molecular weight is 158 g/mol. The van der Waals surface area contributed by atoms with E-state index in [0.717, 1.165) is 0 Å². The Bertz CT molecular complexity index is 204. The molecule has 0 radical (unpaired) electrons. The van der Waals surface area contributed by atoms with Crippen LogP contribution in [0.1, 0.15) is 6.92 Å². The molecule has 0 saturated carbocycles. The van der Waals surface area contributed by atoms with Crippen molar-refractivity contribution in [2.75, 3.05) is 13.2 Å². The number of piperazine rings is 1. The van der Waals surface area contributed by atoms with Crippen molar-refractivity contribution in [3.63, 3.8) is 0 Å². The summed E-state index contributed by atoms with van der Waals surface area (Å²) in [5.41, 5.74) is -1.01. The molecular formula is C6H10N2O3. The Balaban J connectivity index is 2.71. The molecule has 1 aliphatic rings. The lowest BCUT2D eigenvalue weighted by Gasteiger charge is -2.30. The van der Waals surface area contributed by atoms with E-state index in [0.29, 0.717) is 0 Å². The van der Waals surface area contributed by atoms with Crippen molar-refractivity contribution < 1.29 is 14.7 Å². The number of aliphatic hydroxyl groups excluding tert-OH is 1. The predicted molar refractivity (Wildman–Crippen MR) is 36.6 cm³/mol. The number of aliphatic hydroxyl groups is 1. The molecule has 1 unspecified atom stereocenters. The molecular weight excluding hydrogens is 148 g/mol. The summed E-state index contributed by atoms with van der Waals surface area (Å²) < 4.78 is 0. The lowest BCUT2D eigenvalue weighted by atomic mass is 10.0. The highest BCUT2D eigenvalue weighted by Gasteiger charge is 2.37. The Morgan fingerprint density at radius 3 is 2.73 bits per heavy atom. The van der Waals surface area contributed by atoms with Gasteiger partial charge in [-0.15, -0.1) is 0 Å². The molecule has 62 valence electrons. The topological polar surface area (TPSA) is 78.4 Å². The number of amides is 2. The average Bonchev–Trinajstić information content (AvgIpc) is 1.98. The first kappa shape index (κ1) is 8.16. The van der Waals surface area contributed by atoms with E-state index in [1.807, 2.05) is 0 Å². The van der Waals surface area contributed by atoms with E-state index < -0.39 is 11.4 Å². The largest absolute Gasteiger partial charge is 0.394 e. The lowest BCUT2D eigenvalue weighted by molar-refractivity contribution is -0.138. The monoisotopic (exact) mass is 158 g/mol. The second kappa shape index (κ2) is 2.60. The molecule has 2 amide bonds. The van der Waals surface area contributed by atoms with Crippen molar-refractivity contribution in [1.82, 2.24) is 10.6 Å². The van der Waals surface area contributed by atoms with Gasteiger partial charge in [0, 0.05) is 0 Å². The molecule has 1 saturated heterocycles. The Hall–Kier alpha value is -0.940. The first-order chi connectivity index (χ1) is 5.08. The zero-order valence-corrected chi connectivity index (χ0v) is 6.18. The first-order valence-corrected chi connectivity index (χ1v) is 3.29. The van der Waals surface area contributed by atoms with Crippen LogP contribution in [0.2, 0.25) is 0 Å². The van der Waals surface area contributed by atoms with Gasteiger partial charge in [-0.3, -0.25) is 20.2 Å². The summed E-state index contributed by atoms with van der Waals surface area (Å²) in [7, 11) is 0. The Labute approximate surface area is 63.8 Å². The van der Waals surface area contributed by atoms with Crippen LogP contribution in [0.25, 0.3) is 0 Å². The normalized spacial score (nSPS) is 31.8. The number of rotatable bonds is 1. The summed E-state index contributed by atoms with van der Waals surface area (Å²) in [6.07, 6.45) is 0. The summed E-state index contributed by atoms with van der Waals surface area (Å²) in [6.45, 7) is 1.30. The van der Waals surface area contributed by atoms with Crippen molar-refractivity contribution in [2.24, 2.45) is 0 Å². The molecule has 5 heteroatoms. The van der Waals surface area contributed by atoms with E-state index >= 15 is 0 Å². The van der Waals surface area contributed by atoms with E-state index in [1.54, 1.807) is 0 Å². The van der Waals surface area contributed by atoms with Crippen LogP contribution in [0, 0.1) is 0 Å². The van der Waals surface area contributed by atoms with E-state index in [-0.39, 0.29) is 19.1 Å². The molecule has 11 heavy (non-hydrogen) atoms. The first-order valence-electron chi connectivity index (χ1n) is 3.29. The lowest BCUT2D eigenvalue weighted by Crippen LogP contribution is -2.65. The molecule has 0 spiro atoms. The van der Waals surface area contributed by atoms with Gasteiger partial charge in [-0.1, -0.05) is 0 Å². The molecule has 0 aliphatic carbocycles. The van der Waals surface area contributed by atoms with Gasteiger partial charge >= 0.3 is 0 Å². The fourth-order valence-electron chi connectivity index (χ4n) is 0.792. The van der Waals surface area contributed by atoms with Gasteiger partial charge in [0.1, 0.15) is 5.54 Å². The summed E-state index contributed by atoms with van der Waals surface area (Å²) in [4.78, 5) is 21.6. The van der Waals surface area contributed by atoms with Gasteiger partial charge in [0.05, 0.1) is 13.2 Å². The smallest absolute Gasteiger partial charge is 0.248 e. The van der Waals surface area contributed by atoms with Gasteiger partial charge in [0.15, 0.2) is 0 Å². The van der Waals surface area contributed by atoms with Gasteiger partial charge in [0.25, 0.3) is 0 Å². The molecule has 1 atom stereocenters. The van der Waals surface area contributed by atoms with E-state index in [9.17, 15) is 9.59 Å². The molecule has 1 rings (SSSR count). The second-order valence-electron chi connectivity index (χ2n) is 2.72. The Morgan fingerprint density at radius 1 is 1.64 bits per heavy atom. The highest BCUT2D eigenvalue weighted by Crippen LogP contribution is 2.04. The van der Waals surface area contributed by atoms with Gasteiger partial charge < -0.3 is 5.11 Å². The third kappa shape index (κ3) is 1.38. The van der Waals surface area contributed by atoms with Crippen LogP contribution < -0.4 is 10.6 Å². The minimum atomic E-state index is -1.01. The molecule has 0 aromatic heterocycles. The third-order valence-corrected chi connectivity index (χ3v) is 1.71. The van der Waals surface area contributed by atoms with Crippen LogP contribution in [0.5, 0.6) is 0 Å². The molecule has 0 bridgehead atoms. The van der Waals surface area contributed by atoms with Gasteiger partial charge in [-0.25, -0.2) is 0 Å². The molecule has 0 aromatic carbocycles. The van der Waals surface area contributed by atoms with Crippen molar-refractivity contribution in [3.8, 4) is 0 Å². The minimum absolute atomic E-state index is 0.0722. The van der Waals surface area contributed by atoms with Gasteiger partial charge in [0.2, 0.25) is 11.8 Å². The number of hydrogen-bond donors (Lipinski definition) is 3. The number of nitrogens with one attached hydrogen (secondary N) is 2. The summed E-state index contributed by atoms with van der Waals surface area (Å²) in [5, 5.41) is 13.5. The quantitative estimate of drug-likeness (QED) is 0.385. The Morgan fingerprint density at radius 2 is 2.27 bits per heavy atom. The maximum Gasteiger partial charge on any atom is 0.248 e. The summed E-state index contributed by atoms with van der Waals surface area (Å²) in [5.74, 6) is -0.836. The van der Waals surface area contributed by atoms with E-state index in [2.05, 4.69) is 10.6 Å². The number of hydrogen-bond acceptors (Lipinski definition) is 4. The highest BCUT2D eigenvalue weighted by atomic mass is 16.3. The van der Waals surface area contributed by atoms with Crippen LogP contribution in [-0.4, -0.2) is 35.6 Å². The SMILES string of the molecule is CC1(CO)NCC(=O)NC1=O. The number of carbonyl (C=O) groups is 2. The van der Waals surface area contributed by atoms with Crippen LogP contribution in [0.15, 0.2) is 0 Å². The molecule has 1 fully saturated rings. The van der Waals surface area contributed by atoms with Crippen molar-refractivity contribution >= 4 is 11.8 Å². The molecule has 1 aliphatic heterocycles. The van der Waals surface area contributed by atoms with Gasteiger partial charge in [-0.05, 0) is 6.92 Å². The predicted octanol–water partition coefficient (Wildman–Crippen LogP) is -2.02. The fourth-order valence-corrected chi connectivity index (χ4v) is 0.792. The number of carbonyl (C=O) groups excluding carboxylic acids is 2. The van der Waals surface area contributed by atoms with Gasteiger partial charge in [-0.2, -0.15) is 0 Å². The highest BCUT2D eigenvalue weighted by molar-refractivity contribution is 6.03. The molecule has 0 aromatic rings. The van der Waals surface area contributed by atoms with Crippen LogP contribution in [-0.2, 0) is 9.59 Å². The maximum absolute atomic E-state index is 11.0. The van der Waals surface area contributed by atoms with E-state index in [1.165, 1.54) is 6.92 Å². The van der Waals surface area contributed by atoms with Crippen LogP contribution in [0.3, 0.4) is 0 Å². The van der Waals surface area contributed by atoms with Crippen molar-refractivity contribution in [2.45, 2.75) is 12.5 Å². The zero-order valence-electron chi connectivity index (χ0n) is 6.18. The van der Waals surface area contributed by atoms with Crippen LogP contribution >= 0.6 is 0 Å². The van der Waals surface area contributed by atoms with Crippen LogP contribution in [0.4, 0.5) is 0 Å². The summed E-state index contributed by atoms with van der Waals surface area (Å²) >= 11 is 0. The molecule has 1 heterocycles. The summed E-state index contributed by atoms with van der Waals surface area (Å²) in [6, 6.07) is 0. The Kier molecular flexibility index (Phi) is 1.92. The maximum atomic E-state index is 11.0. The molecule has 3 N–H and O–H groups in total. The second-order valence-corrected chi connectivity index (χ2v) is 2.72. The number of imide groups is 1. The van der Waals surface area contributed by atoms with Crippen molar-refractivity contribution in [3.05, 3.63) is 0 Å². The standard InChI is InChI=1S/C6H10N2O3/c1-6(3-9)5(11)8-4(10)2-7-6/h7,9H,2-3H2,1H3,(H,8,10,11). The zero-order chi connectivity index (χ0) is 8.48. The van der Waals surface area contributed by atoms with Crippen molar-refractivity contribution in [1.29, 1.82) is 0 Å². The fraction of sp³-hybridized carbons (Fsp3) is 0.667. The molecule has 5 nitrogen and oxygen atoms in total. The van der Waals surface area contributed by atoms with E-state index in [4.69, 9.17) is 5.11 Å².